The second-order valence-electron chi connectivity index (χ2n) is 2.61. The third-order valence-corrected chi connectivity index (χ3v) is 1.62. The van der Waals surface area contributed by atoms with Gasteiger partial charge in [0.2, 0.25) is 6.41 Å². The van der Waals surface area contributed by atoms with Gasteiger partial charge < -0.3 is 9.84 Å². The molecule has 68 valence electrons. The summed E-state index contributed by atoms with van der Waals surface area (Å²) in [5, 5.41) is 11.9. The zero-order valence-corrected chi connectivity index (χ0v) is 6.99. The van der Waals surface area contributed by atoms with Crippen LogP contribution in [-0.4, -0.2) is 30.0 Å². The largest absolute Gasteiger partial charge is 0.356 e. The lowest BCUT2D eigenvalue weighted by Gasteiger charge is -2.15. The van der Waals surface area contributed by atoms with Gasteiger partial charge in [-0.3, -0.25) is 10.1 Å². The van der Waals surface area contributed by atoms with Crippen molar-refractivity contribution in [3.63, 3.8) is 0 Å². The van der Waals surface area contributed by atoms with Gasteiger partial charge in [-0.05, 0) is 13.0 Å². The van der Waals surface area contributed by atoms with Crippen molar-refractivity contribution in [3.8, 4) is 0 Å². The minimum Gasteiger partial charge on any atom is -0.356 e. The average Bonchev–Trinajstić information content (AvgIpc) is 2.36. The topological polar surface area (TPSA) is 58.6 Å². The van der Waals surface area contributed by atoms with E-state index in [0.29, 0.717) is 13.0 Å². The van der Waals surface area contributed by atoms with Gasteiger partial charge >= 0.3 is 0 Å². The van der Waals surface area contributed by atoms with E-state index in [0.717, 1.165) is 0 Å². The van der Waals surface area contributed by atoms with Gasteiger partial charge in [0, 0.05) is 19.1 Å². The van der Waals surface area contributed by atoms with Crippen molar-refractivity contribution in [1.82, 2.24) is 5.32 Å². The molecule has 0 spiro atoms. The molecule has 1 aliphatic rings. The zero-order valence-electron chi connectivity index (χ0n) is 6.99. The highest BCUT2D eigenvalue weighted by Crippen LogP contribution is 2.05. The number of carbonyl (C=O) groups excluding carboxylic acids is 1. The number of aliphatic hydroxyl groups is 1. The summed E-state index contributed by atoms with van der Waals surface area (Å²) in [4.78, 5) is 10.7. The van der Waals surface area contributed by atoms with E-state index in [1.165, 1.54) is 6.08 Å². The van der Waals surface area contributed by atoms with Crippen LogP contribution in [-0.2, 0) is 9.53 Å². The molecule has 2 N–H and O–H groups in total. The fourth-order valence-corrected chi connectivity index (χ4v) is 1.08. The lowest BCUT2D eigenvalue weighted by Crippen LogP contribution is -2.38. The van der Waals surface area contributed by atoms with Crippen molar-refractivity contribution in [2.45, 2.75) is 25.8 Å². The Balaban J connectivity index is 2.23. The second kappa shape index (κ2) is 4.35. The molecule has 0 saturated carbocycles. The molecule has 0 fully saturated rings. The van der Waals surface area contributed by atoms with E-state index in [2.05, 4.69) is 5.32 Å². The molecular formula is C8H13NO3. The van der Waals surface area contributed by atoms with E-state index in [1.54, 1.807) is 13.0 Å². The van der Waals surface area contributed by atoms with Crippen LogP contribution in [0.25, 0.3) is 0 Å². The van der Waals surface area contributed by atoms with Gasteiger partial charge in [0.25, 0.3) is 0 Å². The van der Waals surface area contributed by atoms with Crippen molar-refractivity contribution < 1.29 is 14.6 Å². The number of hydrogen-bond donors (Lipinski definition) is 2. The SMILES string of the molecule is CCOC(O)NC1C=CC(=O)C1. The molecule has 1 aliphatic carbocycles. The van der Waals surface area contributed by atoms with Crippen LogP contribution in [0.5, 0.6) is 0 Å². The van der Waals surface area contributed by atoms with Gasteiger partial charge in [-0.2, -0.15) is 0 Å². The first-order valence-corrected chi connectivity index (χ1v) is 3.99. The average molecular weight is 171 g/mol. The highest BCUT2D eigenvalue weighted by atomic mass is 16.6. The predicted octanol–water partition coefficient (Wildman–Crippen LogP) is -0.214. The third-order valence-electron chi connectivity index (χ3n) is 1.62. The molecule has 4 heteroatoms. The van der Waals surface area contributed by atoms with E-state index < -0.39 is 6.41 Å². The highest BCUT2D eigenvalue weighted by Gasteiger charge is 2.17. The van der Waals surface area contributed by atoms with Crippen molar-refractivity contribution in [3.05, 3.63) is 12.2 Å². The number of nitrogens with one attached hydrogen (secondary N) is 1. The van der Waals surface area contributed by atoms with Gasteiger partial charge in [0.05, 0.1) is 0 Å². The normalized spacial score (nSPS) is 24.8. The maximum Gasteiger partial charge on any atom is 0.213 e. The molecule has 0 aromatic heterocycles. The van der Waals surface area contributed by atoms with Crippen LogP contribution in [0.15, 0.2) is 12.2 Å². The molecule has 0 saturated heterocycles. The molecule has 0 radical (unpaired) electrons. The fraction of sp³-hybridized carbons (Fsp3) is 0.625. The summed E-state index contributed by atoms with van der Waals surface area (Å²) in [5.74, 6) is 0.0798. The summed E-state index contributed by atoms with van der Waals surface area (Å²) in [6, 6.07) is -0.0842. The smallest absolute Gasteiger partial charge is 0.213 e. The lowest BCUT2D eigenvalue weighted by molar-refractivity contribution is -0.122. The first-order valence-electron chi connectivity index (χ1n) is 3.99. The standard InChI is InChI=1S/C8H13NO3/c1-2-12-8(11)9-6-3-4-7(10)5-6/h3-4,6,8-9,11H,2,5H2,1H3. The van der Waals surface area contributed by atoms with Crippen molar-refractivity contribution in [2.75, 3.05) is 6.61 Å². The Morgan fingerprint density at radius 2 is 2.67 bits per heavy atom. The van der Waals surface area contributed by atoms with Gasteiger partial charge in [-0.1, -0.05) is 6.08 Å². The molecule has 0 aromatic carbocycles. The van der Waals surface area contributed by atoms with Crippen LogP contribution < -0.4 is 5.32 Å². The van der Waals surface area contributed by atoms with Crippen LogP contribution in [0.4, 0.5) is 0 Å². The van der Waals surface area contributed by atoms with E-state index in [1.807, 2.05) is 0 Å². The van der Waals surface area contributed by atoms with E-state index in [9.17, 15) is 4.79 Å². The minimum atomic E-state index is -0.976. The van der Waals surface area contributed by atoms with Crippen LogP contribution in [0, 0.1) is 0 Å². The molecule has 0 bridgehead atoms. The maximum absolute atomic E-state index is 10.7. The van der Waals surface area contributed by atoms with Gasteiger partial charge in [-0.25, -0.2) is 0 Å². The molecule has 2 atom stereocenters. The zero-order chi connectivity index (χ0) is 8.97. The molecule has 1 rings (SSSR count). The molecule has 0 heterocycles. The van der Waals surface area contributed by atoms with Crippen LogP contribution in [0.1, 0.15) is 13.3 Å². The van der Waals surface area contributed by atoms with Gasteiger partial charge in [0.1, 0.15) is 0 Å². The highest BCUT2D eigenvalue weighted by molar-refractivity contribution is 5.92. The monoisotopic (exact) mass is 171 g/mol. The first kappa shape index (κ1) is 9.38. The lowest BCUT2D eigenvalue weighted by atomic mass is 10.2. The molecule has 2 unspecified atom stereocenters. The molecule has 12 heavy (non-hydrogen) atoms. The Kier molecular flexibility index (Phi) is 3.40. The maximum atomic E-state index is 10.7. The summed E-state index contributed by atoms with van der Waals surface area (Å²) in [5.41, 5.74) is 0. The quantitative estimate of drug-likeness (QED) is 0.574. The number of ketones is 1. The Labute approximate surface area is 71.2 Å². The number of carbonyl (C=O) groups is 1. The third kappa shape index (κ3) is 2.73. The van der Waals surface area contributed by atoms with Crippen LogP contribution in [0.2, 0.25) is 0 Å². The van der Waals surface area contributed by atoms with Crippen LogP contribution in [0.3, 0.4) is 0 Å². The van der Waals surface area contributed by atoms with Crippen LogP contribution >= 0.6 is 0 Å². The number of rotatable bonds is 4. The molecule has 4 nitrogen and oxygen atoms in total. The summed E-state index contributed by atoms with van der Waals surface area (Å²) >= 11 is 0. The molecular weight excluding hydrogens is 158 g/mol. The second-order valence-corrected chi connectivity index (χ2v) is 2.61. The number of ether oxygens (including phenoxy) is 1. The fourth-order valence-electron chi connectivity index (χ4n) is 1.08. The van der Waals surface area contributed by atoms with Crippen molar-refractivity contribution in [2.24, 2.45) is 0 Å². The first-order chi connectivity index (χ1) is 5.72. The van der Waals surface area contributed by atoms with Gasteiger partial charge in [-0.15, -0.1) is 0 Å². The van der Waals surface area contributed by atoms with E-state index >= 15 is 0 Å². The number of aliphatic hydroxyl groups excluding tert-OH is 1. The molecule has 0 aromatic rings. The molecule has 0 aliphatic heterocycles. The Bertz CT molecular complexity index is 191. The number of hydrogen-bond acceptors (Lipinski definition) is 4. The summed E-state index contributed by atoms with van der Waals surface area (Å²) in [7, 11) is 0. The number of allylic oxidation sites excluding steroid dienone is 1. The summed E-state index contributed by atoms with van der Waals surface area (Å²) < 4.78 is 4.84. The summed E-state index contributed by atoms with van der Waals surface area (Å²) in [6.45, 7) is 2.24. The Morgan fingerprint density at radius 1 is 1.92 bits per heavy atom. The van der Waals surface area contributed by atoms with Crippen molar-refractivity contribution >= 4 is 5.78 Å². The molecule has 0 amide bonds. The Morgan fingerprint density at radius 3 is 3.17 bits per heavy atom. The van der Waals surface area contributed by atoms with E-state index in [4.69, 9.17) is 9.84 Å². The minimum absolute atomic E-state index is 0.0798. The van der Waals surface area contributed by atoms with Crippen molar-refractivity contribution in [1.29, 1.82) is 0 Å². The summed E-state index contributed by atoms with van der Waals surface area (Å²) in [6.07, 6.45) is 2.67. The van der Waals surface area contributed by atoms with E-state index in [-0.39, 0.29) is 11.8 Å². The predicted molar refractivity (Wildman–Crippen MR) is 43.3 cm³/mol. The van der Waals surface area contributed by atoms with Gasteiger partial charge in [0.15, 0.2) is 5.78 Å². The Hall–Kier alpha value is -0.710.